The van der Waals surface area contributed by atoms with Crippen LogP contribution < -0.4 is 5.32 Å². The topological polar surface area (TPSA) is 64.7 Å². The predicted octanol–water partition coefficient (Wildman–Crippen LogP) is 3.89. The summed E-state index contributed by atoms with van der Waals surface area (Å²) in [6, 6.07) is 9.53. The first-order valence-corrected chi connectivity index (χ1v) is 9.21. The first-order chi connectivity index (χ1) is 13.5. The van der Waals surface area contributed by atoms with Crippen LogP contribution in [-0.2, 0) is 17.9 Å². The Balaban J connectivity index is 1.40. The predicted molar refractivity (Wildman–Crippen MR) is 100 cm³/mol. The fourth-order valence-electron chi connectivity index (χ4n) is 3.24. The molecule has 0 spiro atoms. The Kier molecular flexibility index (Phi) is 4.93. The zero-order valence-corrected chi connectivity index (χ0v) is 15.5. The number of hydrogen-bond acceptors (Lipinski definition) is 3. The van der Waals surface area contributed by atoms with E-state index >= 15 is 0 Å². The summed E-state index contributed by atoms with van der Waals surface area (Å²) in [6.45, 7) is 2.53. The average molecular weight is 385 g/mol. The molecule has 1 aliphatic rings. The Morgan fingerprint density at radius 2 is 2.14 bits per heavy atom. The van der Waals surface area contributed by atoms with E-state index in [1.54, 1.807) is 17.1 Å². The lowest BCUT2D eigenvalue weighted by Crippen LogP contribution is -2.20. The highest BCUT2D eigenvalue weighted by Crippen LogP contribution is 2.41. The van der Waals surface area contributed by atoms with E-state index in [1.807, 2.05) is 25.1 Å². The van der Waals surface area contributed by atoms with Crippen molar-refractivity contribution in [2.45, 2.75) is 45.2 Å². The van der Waals surface area contributed by atoms with Crippen molar-refractivity contribution in [3.8, 4) is 0 Å². The van der Waals surface area contributed by atoms with Gasteiger partial charge in [-0.05, 0) is 31.4 Å². The number of aromatic nitrogens is 4. The van der Waals surface area contributed by atoms with Crippen LogP contribution in [0.15, 0.2) is 42.7 Å². The molecule has 28 heavy (non-hydrogen) atoms. The van der Waals surface area contributed by atoms with E-state index in [9.17, 15) is 13.6 Å². The number of rotatable bonds is 7. The zero-order chi connectivity index (χ0) is 19.7. The van der Waals surface area contributed by atoms with Gasteiger partial charge in [0.25, 0.3) is 6.43 Å². The van der Waals surface area contributed by atoms with E-state index < -0.39 is 6.43 Å². The minimum atomic E-state index is -2.64. The van der Waals surface area contributed by atoms with Gasteiger partial charge in [0.2, 0.25) is 5.91 Å². The van der Waals surface area contributed by atoms with Gasteiger partial charge in [0.05, 0.1) is 18.4 Å². The average Bonchev–Trinajstić information content (AvgIpc) is 3.25. The summed E-state index contributed by atoms with van der Waals surface area (Å²) in [5, 5.41) is 10.9. The number of aryl methyl sites for hydroxylation is 1. The normalized spacial score (nSPS) is 13.9. The molecular weight excluding hydrogens is 364 g/mol. The van der Waals surface area contributed by atoms with Crippen molar-refractivity contribution in [2.24, 2.45) is 0 Å². The lowest BCUT2D eigenvalue weighted by molar-refractivity contribution is -0.117. The fraction of sp³-hybridized carbons (Fsp3) is 0.350. The van der Waals surface area contributed by atoms with Gasteiger partial charge in [-0.15, -0.1) is 0 Å². The third-order valence-electron chi connectivity index (χ3n) is 4.69. The first-order valence-electron chi connectivity index (χ1n) is 9.21. The maximum atomic E-state index is 12.9. The van der Waals surface area contributed by atoms with Gasteiger partial charge in [-0.2, -0.15) is 10.2 Å². The van der Waals surface area contributed by atoms with Gasteiger partial charge in [-0.25, -0.2) is 8.78 Å². The molecule has 0 bridgehead atoms. The van der Waals surface area contributed by atoms with Crippen LogP contribution >= 0.6 is 0 Å². The van der Waals surface area contributed by atoms with Crippen molar-refractivity contribution < 1.29 is 13.6 Å². The highest BCUT2D eigenvalue weighted by Gasteiger charge is 2.30. The van der Waals surface area contributed by atoms with E-state index in [4.69, 9.17) is 0 Å². The summed E-state index contributed by atoms with van der Waals surface area (Å²) in [6.07, 6.45) is 2.57. The van der Waals surface area contributed by atoms with Crippen molar-refractivity contribution in [1.82, 2.24) is 19.6 Å². The van der Waals surface area contributed by atoms with Crippen LogP contribution in [0.25, 0.3) is 0 Å². The van der Waals surface area contributed by atoms with Gasteiger partial charge in [0.1, 0.15) is 12.2 Å². The molecule has 8 heteroatoms. The molecule has 2 heterocycles. The monoisotopic (exact) mass is 385 g/mol. The van der Waals surface area contributed by atoms with E-state index in [0.717, 1.165) is 18.4 Å². The second-order valence-corrected chi connectivity index (χ2v) is 7.19. The molecule has 0 radical (unpaired) electrons. The van der Waals surface area contributed by atoms with E-state index in [0.29, 0.717) is 17.9 Å². The van der Waals surface area contributed by atoms with Crippen molar-refractivity contribution in [1.29, 1.82) is 0 Å². The molecule has 6 nitrogen and oxygen atoms in total. The first kappa shape index (κ1) is 18.3. The van der Waals surface area contributed by atoms with Crippen LogP contribution in [0.2, 0.25) is 0 Å². The molecule has 1 aromatic carbocycles. The largest absolute Gasteiger partial charge is 0.322 e. The molecule has 2 aromatic heterocycles. The lowest BCUT2D eigenvalue weighted by atomic mass is 10.1. The molecule has 1 amide bonds. The Hall–Kier alpha value is -3.03. The zero-order valence-electron chi connectivity index (χ0n) is 15.5. The summed E-state index contributed by atoms with van der Waals surface area (Å²) in [5.41, 5.74) is 3.28. The quantitative estimate of drug-likeness (QED) is 0.671. The second kappa shape index (κ2) is 7.53. The molecule has 3 aromatic rings. The van der Waals surface area contributed by atoms with E-state index in [1.165, 1.54) is 16.3 Å². The lowest BCUT2D eigenvalue weighted by Gasteiger charge is -2.07. The van der Waals surface area contributed by atoms with Crippen LogP contribution in [0.5, 0.6) is 0 Å². The minimum absolute atomic E-state index is 0.0956. The van der Waals surface area contributed by atoms with Gasteiger partial charge in [0, 0.05) is 17.8 Å². The van der Waals surface area contributed by atoms with Crippen LogP contribution in [0, 0.1) is 6.92 Å². The molecule has 1 saturated carbocycles. The standard InChI is InChI=1S/C20H21F2N5O/c1-13-3-2-4-14(7-13)10-26-11-16(9-23-26)24-19(28)12-27-18(15-5-6-15)8-17(25-27)20(21)22/h2-4,7-9,11,15,20H,5-6,10,12H2,1H3,(H,24,28). The number of amides is 1. The van der Waals surface area contributed by atoms with Gasteiger partial charge in [-0.3, -0.25) is 14.2 Å². The van der Waals surface area contributed by atoms with Gasteiger partial charge < -0.3 is 5.32 Å². The molecular formula is C20H21F2N5O. The summed E-state index contributed by atoms with van der Waals surface area (Å²) in [7, 11) is 0. The van der Waals surface area contributed by atoms with Crippen molar-refractivity contribution in [3.63, 3.8) is 0 Å². The number of alkyl halides is 2. The molecule has 0 aliphatic heterocycles. The van der Waals surface area contributed by atoms with Gasteiger partial charge in [-0.1, -0.05) is 29.8 Å². The van der Waals surface area contributed by atoms with Gasteiger partial charge >= 0.3 is 0 Å². The second-order valence-electron chi connectivity index (χ2n) is 7.19. The maximum absolute atomic E-state index is 12.9. The van der Waals surface area contributed by atoms with E-state index in [-0.39, 0.29) is 24.1 Å². The Bertz CT molecular complexity index is 990. The Morgan fingerprint density at radius 3 is 2.86 bits per heavy atom. The smallest absolute Gasteiger partial charge is 0.282 e. The number of carbonyl (C=O) groups excluding carboxylic acids is 1. The van der Waals surface area contributed by atoms with Crippen LogP contribution in [0.1, 0.15) is 47.7 Å². The number of halogens is 2. The third-order valence-corrected chi connectivity index (χ3v) is 4.69. The summed E-state index contributed by atoms with van der Waals surface area (Å²) < 4.78 is 29.0. The molecule has 146 valence electrons. The Labute approximate surface area is 161 Å². The van der Waals surface area contributed by atoms with Crippen molar-refractivity contribution in [2.75, 3.05) is 5.32 Å². The number of carbonyl (C=O) groups is 1. The van der Waals surface area contributed by atoms with E-state index in [2.05, 4.69) is 21.6 Å². The highest BCUT2D eigenvalue weighted by atomic mass is 19.3. The molecule has 1 fully saturated rings. The number of nitrogens with one attached hydrogen (secondary N) is 1. The van der Waals surface area contributed by atoms with Crippen LogP contribution in [-0.4, -0.2) is 25.5 Å². The van der Waals surface area contributed by atoms with Crippen LogP contribution in [0.3, 0.4) is 0 Å². The molecule has 4 rings (SSSR count). The number of anilines is 1. The highest BCUT2D eigenvalue weighted by molar-refractivity contribution is 5.90. The molecule has 0 unspecified atom stereocenters. The Morgan fingerprint density at radius 1 is 1.32 bits per heavy atom. The number of benzene rings is 1. The summed E-state index contributed by atoms with van der Waals surface area (Å²) >= 11 is 0. The summed E-state index contributed by atoms with van der Waals surface area (Å²) in [5.74, 6) is -0.0919. The third kappa shape index (κ3) is 4.27. The summed E-state index contributed by atoms with van der Waals surface area (Å²) in [4.78, 5) is 12.4. The SMILES string of the molecule is Cc1cccc(Cn2cc(NC(=O)Cn3nc(C(F)F)cc3C3CC3)cn2)c1. The fourth-order valence-corrected chi connectivity index (χ4v) is 3.24. The van der Waals surface area contributed by atoms with Crippen molar-refractivity contribution >= 4 is 11.6 Å². The molecule has 1 aliphatic carbocycles. The van der Waals surface area contributed by atoms with Gasteiger partial charge in [0.15, 0.2) is 0 Å². The van der Waals surface area contributed by atoms with Crippen LogP contribution in [0.4, 0.5) is 14.5 Å². The number of hydrogen-bond donors (Lipinski definition) is 1. The molecule has 0 saturated heterocycles. The molecule has 0 atom stereocenters. The molecule has 1 N–H and O–H groups in total. The maximum Gasteiger partial charge on any atom is 0.282 e. The number of nitrogens with zero attached hydrogens (tertiary/aromatic N) is 4. The minimum Gasteiger partial charge on any atom is -0.322 e. The van der Waals surface area contributed by atoms with Crippen molar-refractivity contribution in [3.05, 3.63) is 65.2 Å².